The molecule has 0 aromatic heterocycles. The van der Waals surface area contributed by atoms with Crippen LogP contribution in [-0.4, -0.2) is 68.0 Å². The van der Waals surface area contributed by atoms with Crippen molar-refractivity contribution in [2.45, 2.75) is 38.4 Å². The first-order valence-corrected chi connectivity index (χ1v) is 10.2. The molecule has 2 aliphatic heterocycles. The number of nitrogens with zero attached hydrogens (tertiary/aromatic N) is 1. The van der Waals surface area contributed by atoms with E-state index in [9.17, 15) is 9.90 Å². The summed E-state index contributed by atoms with van der Waals surface area (Å²) in [6.07, 6.45) is 1.93. The number of fused-ring (bicyclic) bond motifs is 1. The van der Waals surface area contributed by atoms with E-state index in [2.05, 4.69) is 10.2 Å². The van der Waals surface area contributed by atoms with E-state index in [4.69, 9.17) is 26.8 Å². The summed E-state index contributed by atoms with van der Waals surface area (Å²) >= 11 is 6.21. The topological polar surface area (TPSA) is 97.1 Å². The van der Waals surface area contributed by atoms with Gasteiger partial charge < -0.3 is 30.5 Å². The highest BCUT2D eigenvalue weighted by Gasteiger charge is 2.31. The summed E-state index contributed by atoms with van der Waals surface area (Å²) in [7, 11) is 1.69. The molecule has 0 aliphatic carbocycles. The van der Waals surface area contributed by atoms with Crippen molar-refractivity contribution < 1.29 is 19.4 Å². The van der Waals surface area contributed by atoms with Gasteiger partial charge in [-0.2, -0.15) is 0 Å². The van der Waals surface area contributed by atoms with Gasteiger partial charge in [0.25, 0.3) is 5.91 Å². The van der Waals surface area contributed by atoms with Gasteiger partial charge in [0.2, 0.25) is 0 Å². The molecule has 0 saturated carbocycles. The van der Waals surface area contributed by atoms with E-state index < -0.39 is 6.10 Å². The molecule has 8 heteroatoms. The van der Waals surface area contributed by atoms with Gasteiger partial charge in [-0.25, -0.2) is 0 Å². The van der Waals surface area contributed by atoms with Crippen molar-refractivity contribution in [1.29, 1.82) is 0 Å². The lowest BCUT2D eigenvalue weighted by Crippen LogP contribution is -2.48. The normalized spacial score (nSPS) is 24.6. The van der Waals surface area contributed by atoms with Gasteiger partial charge in [0.05, 0.1) is 22.4 Å². The van der Waals surface area contributed by atoms with Crippen LogP contribution in [0.3, 0.4) is 0 Å². The maximum atomic E-state index is 12.8. The molecule has 3 unspecified atom stereocenters. The lowest BCUT2D eigenvalue weighted by molar-refractivity contribution is 0.0192. The second-order valence-corrected chi connectivity index (χ2v) is 8.14. The van der Waals surface area contributed by atoms with Gasteiger partial charge in [-0.15, -0.1) is 0 Å². The first kappa shape index (κ1) is 21.2. The monoisotopic (exact) mass is 411 g/mol. The summed E-state index contributed by atoms with van der Waals surface area (Å²) < 4.78 is 10.9. The number of benzene rings is 1. The maximum Gasteiger partial charge on any atom is 0.255 e. The summed E-state index contributed by atoms with van der Waals surface area (Å²) in [5, 5.41) is 13.8. The first-order chi connectivity index (χ1) is 13.4. The Bertz CT molecular complexity index is 715. The molecule has 2 heterocycles. The van der Waals surface area contributed by atoms with E-state index in [1.165, 1.54) is 0 Å². The summed E-state index contributed by atoms with van der Waals surface area (Å²) in [4.78, 5) is 15.0. The number of aliphatic hydroxyl groups is 1. The average molecular weight is 412 g/mol. The van der Waals surface area contributed by atoms with E-state index in [0.29, 0.717) is 41.5 Å². The standard InChI is InChI=1S/C20H30ClN3O4/c1-12-8-14-18(22)16(21)9-15(19(14)28-12)20(26)23-10-13-4-6-24(11-17(13)25)5-3-7-27-2/h9,12-13,17,25H,3-8,10-11,22H2,1-2H3,(H,23,26). The Morgan fingerprint density at radius 3 is 3.04 bits per heavy atom. The Morgan fingerprint density at radius 2 is 2.32 bits per heavy atom. The molecular weight excluding hydrogens is 382 g/mol. The summed E-state index contributed by atoms with van der Waals surface area (Å²) in [5.41, 5.74) is 7.73. The third-order valence-corrected chi connectivity index (χ3v) is 5.89. The number of hydrogen-bond acceptors (Lipinski definition) is 6. The Morgan fingerprint density at radius 1 is 1.54 bits per heavy atom. The van der Waals surface area contributed by atoms with Gasteiger partial charge in [-0.1, -0.05) is 11.6 Å². The SMILES string of the molecule is COCCCN1CCC(CNC(=O)c2cc(Cl)c(N)c3c2OC(C)C3)C(O)C1. The second-order valence-electron chi connectivity index (χ2n) is 7.73. The molecule has 2 aliphatic rings. The van der Waals surface area contributed by atoms with Gasteiger partial charge in [-0.05, 0) is 32.4 Å². The van der Waals surface area contributed by atoms with Gasteiger partial charge in [0, 0.05) is 51.3 Å². The maximum absolute atomic E-state index is 12.8. The van der Waals surface area contributed by atoms with E-state index >= 15 is 0 Å². The molecule has 1 aromatic carbocycles. The molecule has 7 nitrogen and oxygen atoms in total. The Hall–Kier alpha value is -1.54. The molecule has 156 valence electrons. The fraction of sp³-hybridized carbons (Fsp3) is 0.650. The van der Waals surface area contributed by atoms with Crippen molar-refractivity contribution in [3.63, 3.8) is 0 Å². The van der Waals surface area contributed by atoms with E-state index in [1.807, 2.05) is 6.92 Å². The largest absolute Gasteiger partial charge is 0.489 e. The number of ether oxygens (including phenoxy) is 2. The number of rotatable bonds is 7. The number of aliphatic hydroxyl groups excluding tert-OH is 1. The zero-order chi connectivity index (χ0) is 20.3. The molecule has 28 heavy (non-hydrogen) atoms. The summed E-state index contributed by atoms with van der Waals surface area (Å²) in [6, 6.07) is 1.57. The predicted octanol–water partition coefficient (Wildman–Crippen LogP) is 1.69. The summed E-state index contributed by atoms with van der Waals surface area (Å²) in [5.74, 6) is 0.308. The number of nitrogens with two attached hydrogens (primary N) is 1. The minimum Gasteiger partial charge on any atom is -0.489 e. The van der Waals surface area contributed by atoms with Crippen LogP contribution in [0.4, 0.5) is 5.69 Å². The quantitative estimate of drug-likeness (QED) is 0.466. The van der Waals surface area contributed by atoms with Gasteiger partial charge in [0.15, 0.2) is 0 Å². The number of likely N-dealkylation sites (tertiary alicyclic amines) is 1. The van der Waals surface area contributed by atoms with Crippen LogP contribution in [0.15, 0.2) is 6.07 Å². The van der Waals surface area contributed by atoms with Crippen LogP contribution in [-0.2, 0) is 11.2 Å². The van der Waals surface area contributed by atoms with Crippen LogP contribution >= 0.6 is 11.6 Å². The van der Waals surface area contributed by atoms with Gasteiger partial charge >= 0.3 is 0 Å². The lowest BCUT2D eigenvalue weighted by Gasteiger charge is -2.36. The van der Waals surface area contributed by atoms with Gasteiger partial charge in [-0.3, -0.25) is 4.79 Å². The van der Waals surface area contributed by atoms with E-state index in [0.717, 1.165) is 38.1 Å². The number of carbonyl (C=O) groups is 1. The molecule has 0 radical (unpaired) electrons. The molecule has 4 N–H and O–H groups in total. The number of carbonyl (C=O) groups excluding carboxylic acids is 1. The molecule has 3 atom stereocenters. The smallest absolute Gasteiger partial charge is 0.255 e. The minimum absolute atomic E-state index is 0.0276. The van der Waals surface area contributed by atoms with E-state index in [-0.39, 0.29) is 17.9 Å². The molecule has 1 saturated heterocycles. The molecular formula is C20H30ClN3O4. The number of anilines is 1. The van der Waals surface area contributed by atoms with Gasteiger partial charge in [0.1, 0.15) is 11.9 Å². The second kappa shape index (κ2) is 9.31. The molecule has 0 spiro atoms. The average Bonchev–Trinajstić information content (AvgIpc) is 3.06. The number of hydrogen-bond donors (Lipinski definition) is 3. The van der Waals surface area contributed by atoms with Crippen LogP contribution in [0, 0.1) is 5.92 Å². The Kier molecular flexibility index (Phi) is 7.04. The fourth-order valence-corrected chi connectivity index (χ4v) is 4.20. The number of piperidine rings is 1. The fourth-order valence-electron chi connectivity index (χ4n) is 3.97. The first-order valence-electron chi connectivity index (χ1n) is 9.85. The van der Waals surface area contributed by atoms with Crippen LogP contribution in [0.5, 0.6) is 5.75 Å². The third kappa shape index (κ3) is 4.71. The predicted molar refractivity (Wildman–Crippen MR) is 109 cm³/mol. The van der Waals surface area contributed by atoms with Crippen LogP contribution in [0.25, 0.3) is 0 Å². The summed E-state index contributed by atoms with van der Waals surface area (Å²) in [6.45, 7) is 5.51. The number of methoxy groups -OCH3 is 1. The molecule has 0 bridgehead atoms. The van der Waals surface area contributed by atoms with Crippen LogP contribution in [0.1, 0.15) is 35.7 Å². The van der Waals surface area contributed by atoms with E-state index in [1.54, 1.807) is 13.2 Å². The van der Waals surface area contributed by atoms with Crippen molar-refractivity contribution in [2.75, 3.05) is 45.6 Å². The number of β-amino-alcohol motifs (C(OH)–C–C–N with tert-alkyl or cyclic N) is 1. The Balaban J connectivity index is 1.57. The van der Waals surface area contributed by atoms with Crippen molar-refractivity contribution in [1.82, 2.24) is 10.2 Å². The zero-order valence-corrected chi connectivity index (χ0v) is 17.3. The molecule has 1 fully saturated rings. The Labute approximate surface area is 171 Å². The molecule has 1 aromatic rings. The highest BCUT2D eigenvalue weighted by molar-refractivity contribution is 6.33. The van der Waals surface area contributed by atoms with Crippen molar-refractivity contribution >= 4 is 23.2 Å². The molecule has 3 rings (SSSR count). The number of nitrogens with one attached hydrogen (secondary N) is 1. The highest BCUT2D eigenvalue weighted by atomic mass is 35.5. The van der Waals surface area contributed by atoms with Crippen LogP contribution in [0.2, 0.25) is 5.02 Å². The van der Waals surface area contributed by atoms with Crippen LogP contribution < -0.4 is 15.8 Å². The molecule has 1 amide bonds. The lowest BCUT2D eigenvalue weighted by atomic mass is 9.93. The van der Waals surface area contributed by atoms with Crippen molar-refractivity contribution in [3.05, 3.63) is 22.2 Å². The minimum atomic E-state index is -0.464. The number of halogens is 1. The number of amides is 1. The third-order valence-electron chi connectivity index (χ3n) is 5.58. The van der Waals surface area contributed by atoms with Crippen molar-refractivity contribution in [2.24, 2.45) is 5.92 Å². The highest BCUT2D eigenvalue weighted by Crippen LogP contribution is 2.40. The van der Waals surface area contributed by atoms with Crippen molar-refractivity contribution in [3.8, 4) is 5.75 Å². The zero-order valence-electron chi connectivity index (χ0n) is 16.5. The number of nitrogen functional groups attached to an aromatic ring is 1.